The Kier molecular flexibility index (Phi) is 5.25. The molecule has 2 N–H and O–H groups in total. The molecule has 0 heterocycles. The number of carbonyl (C=O) groups is 1. The molecule has 0 aromatic heterocycles. The van der Waals surface area contributed by atoms with Crippen molar-refractivity contribution in [1.82, 2.24) is 0 Å². The fraction of sp³-hybridized carbons (Fsp3) is 0.417. The predicted octanol–water partition coefficient (Wildman–Crippen LogP) is 2.13. The summed E-state index contributed by atoms with van der Waals surface area (Å²) >= 11 is 5.82. The van der Waals surface area contributed by atoms with E-state index in [0.29, 0.717) is 17.3 Å². The van der Waals surface area contributed by atoms with E-state index in [2.05, 4.69) is 0 Å². The lowest BCUT2D eigenvalue weighted by Crippen LogP contribution is -2.19. The van der Waals surface area contributed by atoms with E-state index >= 15 is 0 Å². The lowest BCUT2D eigenvalue weighted by Gasteiger charge is -2.11. The maximum absolute atomic E-state index is 11.3. The first-order valence-corrected chi connectivity index (χ1v) is 5.71. The molecule has 0 aliphatic heterocycles. The van der Waals surface area contributed by atoms with E-state index in [1.54, 1.807) is 32.0 Å². The summed E-state index contributed by atoms with van der Waals surface area (Å²) in [6.45, 7) is 3.74. The molecule has 0 aliphatic rings. The van der Waals surface area contributed by atoms with Gasteiger partial charge in [0.05, 0.1) is 6.10 Å². The molecule has 0 amide bonds. The van der Waals surface area contributed by atoms with Crippen LogP contribution in [0.4, 0.5) is 0 Å². The minimum atomic E-state index is -0.405. The third-order valence-electron chi connectivity index (χ3n) is 1.96. The molecule has 4 nitrogen and oxygen atoms in total. The van der Waals surface area contributed by atoms with Crippen LogP contribution in [-0.2, 0) is 16.1 Å². The summed E-state index contributed by atoms with van der Waals surface area (Å²) < 4.78 is 10.3. The fourth-order valence-corrected chi connectivity index (χ4v) is 1.48. The maximum Gasteiger partial charge on any atom is 0.344 e. The Balaban J connectivity index is 2.60. The minimum Gasteiger partial charge on any atom is -0.482 e. The van der Waals surface area contributed by atoms with Gasteiger partial charge in [-0.05, 0) is 32.0 Å². The molecular formula is C12H16ClNO3. The zero-order valence-electron chi connectivity index (χ0n) is 9.90. The van der Waals surface area contributed by atoms with E-state index in [1.165, 1.54) is 0 Å². The molecule has 5 heteroatoms. The second-order valence-corrected chi connectivity index (χ2v) is 4.22. The molecule has 0 aliphatic carbocycles. The van der Waals surface area contributed by atoms with Crippen molar-refractivity contribution in [3.63, 3.8) is 0 Å². The number of benzene rings is 1. The van der Waals surface area contributed by atoms with Crippen LogP contribution in [0.15, 0.2) is 18.2 Å². The normalized spacial score (nSPS) is 10.4. The standard InChI is InChI=1S/C12H16ClNO3/c1-8(2)17-12(15)7-16-11-4-3-10(13)5-9(11)6-14/h3-5,8H,6-7,14H2,1-2H3. The molecule has 1 aromatic carbocycles. The molecule has 0 atom stereocenters. The van der Waals surface area contributed by atoms with Crippen molar-refractivity contribution >= 4 is 17.6 Å². The van der Waals surface area contributed by atoms with Crippen LogP contribution in [0, 0.1) is 0 Å². The first kappa shape index (κ1) is 13.8. The number of halogens is 1. The molecule has 17 heavy (non-hydrogen) atoms. The van der Waals surface area contributed by atoms with Gasteiger partial charge in [0.25, 0.3) is 0 Å². The van der Waals surface area contributed by atoms with Crippen molar-refractivity contribution in [2.45, 2.75) is 26.5 Å². The van der Waals surface area contributed by atoms with Gasteiger partial charge in [-0.2, -0.15) is 0 Å². The predicted molar refractivity (Wildman–Crippen MR) is 66.1 cm³/mol. The molecule has 0 saturated heterocycles. The van der Waals surface area contributed by atoms with Crippen molar-refractivity contribution in [3.05, 3.63) is 28.8 Å². The van der Waals surface area contributed by atoms with Crippen molar-refractivity contribution in [3.8, 4) is 5.75 Å². The van der Waals surface area contributed by atoms with Gasteiger partial charge in [-0.3, -0.25) is 0 Å². The van der Waals surface area contributed by atoms with Crippen LogP contribution in [0.5, 0.6) is 5.75 Å². The SMILES string of the molecule is CC(C)OC(=O)COc1ccc(Cl)cc1CN. The highest BCUT2D eigenvalue weighted by Gasteiger charge is 2.09. The molecule has 0 unspecified atom stereocenters. The van der Waals surface area contributed by atoms with E-state index in [9.17, 15) is 4.79 Å². The van der Waals surface area contributed by atoms with Crippen molar-refractivity contribution < 1.29 is 14.3 Å². The first-order valence-electron chi connectivity index (χ1n) is 5.33. The van der Waals surface area contributed by atoms with Gasteiger partial charge in [-0.1, -0.05) is 11.6 Å². The summed E-state index contributed by atoms with van der Waals surface area (Å²) in [6, 6.07) is 5.08. The van der Waals surface area contributed by atoms with Crippen LogP contribution in [0.2, 0.25) is 5.02 Å². The van der Waals surface area contributed by atoms with Gasteiger partial charge in [-0.15, -0.1) is 0 Å². The number of carbonyl (C=O) groups excluding carboxylic acids is 1. The van der Waals surface area contributed by atoms with Crippen LogP contribution < -0.4 is 10.5 Å². The molecule has 0 saturated carbocycles. The average molecular weight is 258 g/mol. The van der Waals surface area contributed by atoms with E-state index in [-0.39, 0.29) is 12.7 Å². The zero-order chi connectivity index (χ0) is 12.8. The summed E-state index contributed by atoms with van der Waals surface area (Å²) in [5, 5.41) is 0.586. The quantitative estimate of drug-likeness (QED) is 0.821. The van der Waals surface area contributed by atoms with E-state index in [0.717, 1.165) is 5.56 Å². The van der Waals surface area contributed by atoms with Crippen molar-refractivity contribution in [2.24, 2.45) is 5.73 Å². The second kappa shape index (κ2) is 6.47. The third-order valence-corrected chi connectivity index (χ3v) is 2.19. The van der Waals surface area contributed by atoms with Crippen LogP contribution in [0.1, 0.15) is 19.4 Å². The van der Waals surface area contributed by atoms with Gasteiger partial charge in [0.15, 0.2) is 6.61 Å². The Morgan fingerprint density at radius 2 is 2.18 bits per heavy atom. The summed E-state index contributed by atoms with van der Waals surface area (Å²) in [7, 11) is 0. The van der Waals surface area contributed by atoms with Crippen molar-refractivity contribution in [1.29, 1.82) is 0 Å². The molecular weight excluding hydrogens is 242 g/mol. The molecule has 0 fully saturated rings. The number of hydrogen-bond donors (Lipinski definition) is 1. The first-order chi connectivity index (χ1) is 8.02. The Morgan fingerprint density at radius 1 is 1.47 bits per heavy atom. The summed E-state index contributed by atoms with van der Waals surface area (Å²) in [5.74, 6) is 0.149. The van der Waals surface area contributed by atoms with E-state index in [4.69, 9.17) is 26.8 Å². The highest BCUT2D eigenvalue weighted by atomic mass is 35.5. The van der Waals surface area contributed by atoms with Crippen LogP contribution >= 0.6 is 11.6 Å². The molecule has 1 aromatic rings. The summed E-state index contributed by atoms with van der Waals surface area (Å²) in [4.78, 5) is 11.3. The average Bonchev–Trinajstić information content (AvgIpc) is 2.26. The highest BCUT2D eigenvalue weighted by molar-refractivity contribution is 6.30. The monoisotopic (exact) mass is 257 g/mol. The highest BCUT2D eigenvalue weighted by Crippen LogP contribution is 2.22. The lowest BCUT2D eigenvalue weighted by molar-refractivity contribution is -0.149. The van der Waals surface area contributed by atoms with Gasteiger partial charge in [0, 0.05) is 17.1 Å². The molecule has 1 rings (SSSR count). The topological polar surface area (TPSA) is 61.5 Å². The fourth-order valence-electron chi connectivity index (χ4n) is 1.28. The third kappa shape index (κ3) is 4.63. The van der Waals surface area contributed by atoms with Gasteiger partial charge in [-0.25, -0.2) is 4.79 Å². The number of rotatable bonds is 5. The summed E-state index contributed by atoms with van der Waals surface area (Å²) in [5.41, 5.74) is 6.31. The number of esters is 1. The van der Waals surface area contributed by atoms with Gasteiger partial charge in [0.2, 0.25) is 0 Å². The number of nitrogens with two attached hydrogens (primary N) is 1. The number of hydrogen-bond acceptors (Lipinski definition) is 4. The van der Waals surface area contributed by atoms with Gasteiger partial charge in [0.1, 0.15) is 5.75 Å². The Bertz CT molecular complexity index is 393. The molecule has 0 radical (unpaired) electrons. The van der Waals surface area contributed by atoms with Gasteiger partial charge >= 0.3 is 5.97 Å². The van der Waals surface area contributed by atoms with E-state index in [1.807, 2.05) is 0 Å². The Morgan fingerprint density at radius 3 is 2.76 bits per heavy atom. The van der Waals surface area contributed by atoms with Crippen LogP contribution in [-0.4, -0.2) is 18.7 Å². The van der Waals surface area contributed by atoms with Crippen molar-refractivity contribution in [2.75, 3.05) is 6.61 Å². The zero-order valence-corrected chi connectivity index (χ0v) is 10.7. The number of ether oxygens (including phenoxy) is 2. The second-order valence-electron chi connectivity index (χ2n) is 3.78. The molecule has 0 bridgehead atoms. The van der Waals surface area contributed by atoms with Crippen LogP contribution in [0.3, 0.4) is 0 Å². The Labute approximate surface area is 106 Å². The Hall–Kier alpha value is -1.26. The largest absolute Gasteiger partial charge is 0.482 e. The smallest absolute Gasteiger partial charge is 0.344 e. The van der Waals surface area contributed by atoms with Crippen LogP contribution in [0.25, 0.3) is 0 Å². The molecule has 94 valence electrons. The minimum absolute atomic E-state index is 0.132. The lowest BCUT2D eigenvalue weighted by atomic mass is 10.2. The summed E-state index contributed by atoms with van der Waals surface area (Å²) in [6.07, 6.45) is -0.148. The maximum atomic E-state index is 11.3. The van der Waals surface area contributed by atoms with Gasteiger partial charge < -0.3 is 15.2 Å². The molecule has 0 spiro atoms. The van der Waals surface area contributed by atoms with E-state index < -0.39 is 5.97 Å².